The molecule has 0 aromatic carbocycles. The van der Waals surface area contributed by atoms with Gasteiger partial charge in [-0.25, -0.2) is 9.59 Å². The molecule has 20 heavy (non-hydrogen) atoms. The van der Waals surface area contributed by atoms with Crippen LogP contribution in [0.2, 0.25) is 0 Å². The molecule has 0 spiro atoms. The Morgan fingerprint density at radius 3 is 2.90 bits per heavy atom. The molecule has 3 unspecified atom stereocenters. The van der Waals surface area contributed by atoms with Crippen LogP contribution in [0.1, 0.15) is 26.2 Å². The summed E-state index contributed by atoms with van der Waals surface area (Å²) in [7, 11) is 0. The summed E-state index contributed by atoms with van der Waals surface area (Å²) in [5, 5.41) is 11.6. The Bertz CT molecular complexity index is 432. The Morgan fingerprint density at radius 1 is 1.50 bits per heavy atom. The zero-order valence-electron chi connectivity index (χ0n) is 11.7. The van der Waals surface area contributed by atoms with Crippen molar-refractivity contribution in [3.05, 3.63) is 0 Å². The smallest absolute Gasteiger partial charge is 0.327 e. The molecule has 0 aromatic rings. The Labute approximate surface area is 119 Å². The highest BCUT2D eigenvalue weighted by Gasteiger charge is 2.37. The van der Waals surface area contributed by atoms with Gasteiger partial charge in [0.25, 0.3) is 0 Å². The number of hydrogen-bond donors (Lipinski definition) is 2. The van der Waals surface area contributed by atoms with Gasteiger partial charge in [0.2, 0.25) is 0 Å². The van der Waals surface area contributed by atoms with Gasteiger partial charge in [0.15, 0.2) is 0 Å². The van der Waals surface area contributed by atoms with E-state index in [9.17, 15) is 9.59 Å². The molecule has 2 N–H and O–H groups in total. The molecule has 6 nitrogen and oxygen atoms in total. The number of rotatable bonds is 3. The number of carboxylic acids is 1. The lowest BCUT2D eigenvalue weighted by Crippen LogP contribution is -2.60. The summed E-state index contributed by atoms with van der Waals surface area (Å²) >= 11 is 0. The van der Waals surface area contributed by atoms with E-state index in [4.69, 9.17) is 11.5 Å². The maximum atomic E-state index is 12.3. The van der Waals surface area contributed by atoms with Crippen LogP contribution in [0.4, 0.5) is 4.79 Å². The van der Waals surface area contributed by atoms with Gasteiger partial charge in [-0.3, -0.25) is 4.90 Å². The standard InChI is InChI=1S/C14H21N3O3/c1-3-5-12(13(18)19)15-14(20)17-9-11-6-4-7-16(11)8-10(17)2/h1,10-12H,4-9H2,2H3,(H,15,20)(H,18,19). The summed E-state index contributed by atoms with van der Waals surface area (Å²) in [6, 6.07) is -0.842. The molecule has 0 aromatic heterocycles. The van der Waals surface area contributed by atoms with Crippen molar-refractivity contribution in [3.63, 3.8) is 0 Å². The highest BCUT2D eigenvalue weighted by Crippen LogP contribution is 2.24. The van der Waals surface area contributed by atoms with Crippen LogP contribution in [0, 0.1) is 12.3 Å². The number of carbonyl (C=O) groups excluding carboxylic acids is 1. The van der Waals surface area contributed by atoms with Gasteiger partial charge >= 0.3 is 12.0 Å². The molecule has 2 amide bonds. The predicted octanol–water partition coefficient (Wildman–Crippen LogP) is 0.341. The van der Waals surface area contributed by atoms with Crippen molar-refractivity contribution in [3.8, 4) is 12.3 Å². The van der Waals surface area contributed by atoms with E-state index >= 15 is 0 Å². The molecule has 0 aliphatic carbocycles. The molecule has 2 rings (SSSR count). The van der Waals surface area contributed by atoms with E-state index < -0.39 is 12.0 Å². The largest absolute Gasteiger partial charge is 0.480 e. The molecule has 2 saturated heterocycles. The van der Waals surface area contributed by atoms with Crippen molar-refractivity contribution in [2.24, 2.45) is 0 Å². The number of carbonyl (C=O) groups is 2. The van der Waals surface area contributed by atoms with Gasteiger partial charge < -0.3 is 15.3 Å². The molecule has 3 atom stereocenters. The SMILES string of the molecule is C#CCC(NC(=O)N1CC2CCCN2CC1C)C(=O)O. The Hall–Kier alpha value is -1.74. The molecule has 110 valence electrons. The first-order chi connectivity index (χ1) is 9.52. The van der Waals surface area contributed by atoms with Gasteiger partial charge in [-0.2, -0.15) is 0 Å². The molecule has 0 bridgehead atoms. The molecule has 0 radical (unpaired) electrons. The summed E-state index contributed by atoms with van der Waals surface area (Å²) in [5.74, 6) is 1.19. The van der Waals surface area contributed by atoms with Crippen LogP contribution in [-0.4, -0.2) is 64.7 Å². The zero-order chi connectivity index (χ0) is 14.7. The van der Waals surface area contributed by atoms with Gasteiger partial charge in [-0.05, 0) is 26.3 Å². The topological polar surface area (TPSA) is 72.9 Å². The third-order valence-corrected chi connectivity index (χ3v) is 4.12. The number of aliphatic carboxylic acids is 1. The molecule has 2 aliphatic heterocycles. The van der Waals surface area contributed by atoms with Crippen molar-refractivity contribution in [2.45, 2.75) is 44.3 Å². The van der Waals surface area contributed by atoms with E-state index in [0.717, 1.165) is 19.5 Å². The van der Waals surface area contributed by atoms with Gasteiger partial charge in [0, 0.05) is 31.6 Å². The lowest BCUT2D eigenvalue weighted by Gasteiger charge is -2.42. The molecule has 2 heterocycles. The van der Waals surface area contributed by atoms with Crippen LogP contribution in [0.3, 0.4) is 0 Å². The summed E-state index contributed by atoms with van der Waals surface area (Å²) < 4.78 is 0. The van der Waals surface area contributed by atoms with Crippen molar-refractivity contribution < 1.29 is 14.7 Å². The van der Waals surface area contributed by atoms with E-state index in [-0.39, 0.29) is 18.5 Å². The third kappa shape index (κ3) is 3.05. The highest BCUT2D eigenvalue weighted by atomic mass is 16.4. The molecule has 0 saturated carbocycles. The van der Waals surface area contributed by atoms with Crippen LogP contribution in [-0.2, 0) is 4.79 Å². The van der Waals surface area contributed by atoms with Crippen LogP contribution < -0.4 is 5.32 Å². The lowest BCUT2D eigenvalue weighted by atomic mass is 10.1. The van der Waals surface area contributed by atoms with Gasteiger partial charge in [0.1, 0.15) is 6.04 Å². The number of terminal acetylenes is 1. The molecule has 6 heteroatoms. The molecular formula is C14H21N3O3. The van der Waals surface area contributed by atoms with Crippen molar-refractivity contribution in [1.29, 1.82) is 0 Å². The number of nitrogens with zero attached hydrogens (tertiary/aromatic N) is 2. The predicted molar refractivity (Wildman–Crippen MR) is 74.2 cm³/mol. The molecular weight excluding hydrogens is 258 g/mol. The maximum Gasteiger partial charge on any atom is 0.327 e. The average molecular weight is 279 g/mol. The fourth-order valence-corrected chi connectivity index (χ4v) is 3.02. The molecule has 2 fully saturated rings. The van der Waals surface area contributed by atoms with Gasteiger partial charge in [0.05, 0.1) is 0 Å². The van der Waals surface area contributed by atoms with E-state index in [0.29, 0.717) is 12.6 Å². The minimum Gasteiger partial charge on any atom is -0.480 e. The minimum atomic E-state index is -1.09. The van der Waals surface area contributed by atoms with Gasteiger partial charge in [-0.1, -0.05) is 0 Å². The van der Waals surface area contributed by atoms with E-state index in [1.165, 1.54) is 6.42 Å². The van der Waals surface area contributed by atoms with Crippen LogP contribution in [0.25, 0.3) is 0 Å². The average Bonchev–Trinajstić information content (AvgIpc) is 2.83. The van der Waals surface area contributed by atoms with Crippen molar-refractivity contribution >= 4 is 12.0 Å². The van der Waals surface area contributed by atoms with E-state index in [1.807, 2.05) is 6.92 Å². The second-order valence-electron chi connectivity index (χ2n) is 5.54. The number of fused-ring (bicyclic) bond motifs is 1. The van der Waals surface area contributed by atoms with E-state index in [2.05, 4.69) is 16.1 Å². The summed E-state index contributed by atoms with van der Waals surface area (Å²) in [6.45, 7) is 4.60. The number of carboxylic acid groups (broad SMARTS) is 1. The lowest BCUT2D eigenvalue weighted by molar-refractivity contribution is -0.139. The Kier molecular flexibility index (Phi) is 4.50. The first-order valence-corrected chi connectivity index (χ1v) is 7.00. The van der Waals surface area contributed by atoms with Crippen molar-refractivity contribution in [1.82, 2.24) is 15.1 Å². The second-order valence-corrected chi connectivity index (χ2v) is 5.54. The summed E-state index contributed by atoms with van der Waals surface area (Å²) in [6.07, 6.45) is 7.40. The Balaban J connectivity index is 1.97. The Morgan fingerprint density at radius 2 is 2.25 bits per heavy atom. The monoisotopic (exact) mass is 279 g/mol. The fraction of sp³-hybridized carbons (Fsp3) is 0.714. The van der Waals surface area contributed by atoms with Crippen molar-refractivity contribution in [2.75, 3.05) is 19.6 Å². The highest BCUT2D eigenvalue weighted by molar-refractivity contribution is 5.83. The number of urea groups is 1. The summed E-state index contributed by atoms with van der Waals surface area (Å²) in [4.78, 5) is 27.4. The number of nitrogens with one attached hydrogen (secondary N) is 1. The van der Waals surface area contributed by atoms with Crippen LogP contribution >= 0.6 is 0 Å². The summed E-state index contributed by atoms with van der Waals surface area (Å²) in [5.41, 5.74) is 0. The quantitative estimate of drug-likeness (QED) is 0.731. The fourth-order valence-electron chi connectivity index (χ4n) is 3.02. The third-order valence-electron chi connectivity index (χ3n) is 4.12. The zero-order valence-corrected chi connectivity index (χ0v) is 11.7. The second kappa shape index (κ2) is 6.14. The normalized spacial score (nSPS) is 27.5. The minimum absolute atomic E-state index is 0.00114. The number of hydrogen-bond acceptors (Lipinski definition) is 3. The van der Waals surface area contributed by atoms with Gasteiger partial charge in [-0.15, -0.1) is 12.3 Å². The van der Waals surface area contributed by atoms with Crippen LogP contribution in [0.5, 0.6) is 0 Å². The van der Waals surface area contributed by atoms with E-state index in [1.54, 1.807) is 4.90 Å². The molecule has 2 aliphatic rings. The number of piperazine rings is 1. The van der Waals surface area contributed by atoms with Crippen LogP contribution in [0.15, 0.2) is 0 Å². The number of amides is 2. The first-order valence-electron chi connectivity index (χ1n) is 7.00. The maximum absolute atomic E-state index is 12.3. The first kappa shape index (κ1) is 14.7.